The van der Waals surface area contributed by atoms with Gasteiger partial charge in [-0.1, -0.05) is 35.9 Å². The van der Waals surface area contributed by atoms with Gasteiger partial charge in [0.2, 0.25) is 0 Å². The molecule has 0 aliphatic carbocycles. The van der Waals surface area contributed by atoms with Crippen LogP contribution in [-0.2, 0) is 23.5 Å². The Balaban J connectivity index is 1.22. The summed E-state index contributed by atoms with van der Waals surface area (Å²) in [5.74, 6) is 1.00. The van der Waals surface area contributed by atoms with Crippen LogP contribution in [0.2, 0.25) is 0 Å². The monoisotopic (exact) mass is 489 g/mol. The summed E-state index contributed by atoms with van der Waals surface area (Å²) < 4.78 is 30.1. The van der Waals surface area contributed by atoms with Crippen molar-refractivity contribution < 1.29 is 8.42 Å². The minimum absolute atomic E-state index is 0.240. The van der Waals surface area contributed by atoms with Crippen LogP contribution in [0.3, 0.4) is 0 Å². The van der Waals surface area contributed by atoms with E-state index >= 15 is 0 Å². The van der Waals surface area contributed by atoms with Gasteiger partial charge in [-0.05, 0) is 49.4 Å². The number of aromatic nitrogens is 2. The summed E-state index contributed by atoms with van der Waals surface area (Å²) in [6.45, 7) is 7.18. The summed E-state index contributed by atoms with van der Waals surface area (Å²) in [4.78, 5) is 10.00. The normalized spacial score (nSPS) is 15.0. The zero-order chi connectivity index (χ0) is 24.4. The zero-order valence-corrected chi connectivity index (χ0v) is 21.0. The lowest BCUT2D eigenvalue weighted by Crippen LogP contribution is -2.47. The Morgan fingerprint density at radius 3 is 2.34 bits per heavy atom. The first-order valence-corrected chi connectivity index (χ1v) is 13.4. The van der Waals surface area contributed by atoms with E-state index in [-0.39, 0.29) is 4.90 Å². The molecule has 0 bridgehead atoms. The fraction of sp³-hybridized carbons (Fsp3) is 0.296. The number of piperazine rings is 1. The van der Waals surface area contributed by atoms with Crippen molar-refractivity contribution in [2.24, 2.45) is 7.05 Å². The van der Waals surface area contributed by atoms with Crippen LogP contribution in [0.25, 0.3) is 11.0 Å². The molecule has 5 rings (SSSR count). The van der Waals surface area contributed by atoms with Crippen LogP contribution in [0.1, 0.15) is 11.4 Å². The number of imidazole rings is 1. The van der Waals surface area contributed by atoms with Crippen molar-refractivity contribution in [3.05, 3.63) is 84.2 Å². The number of hydrogen-bond acceptors (Lipinski definition) is 5. The van der Waals surface area contributed by atoms with Crippen molar-refractivity contribution in [1.29, 1.82) is 0 Å². The van der Waals surface area contributed by atoms with Gasteiger partial charge in [-0.2, -0.15) is 0 Å². The molecule has 1 fully saturated rings. The summed E-state index contributed by atoms with van der Waals surface area (Å²) >= 11 is 0. The number of sulfonamides is 1. The summed E-state index contributed by atoms with van der Waals surface area (Å²) in [5, 5.41) is 0. The van der Waals surface area contributed by atoms with Gasteiger partial charge >= 0.3 is 0 Å². The molecule has 2 heterocycles. The van der Waals surface area contributed by atoms with Crippen molar-refractivity contribution in [1.82, 2.24) is 14.5 Å². The predicted octanol–water partition coefficient (Wildman–Crippen LogP) is 4.05. The van der Waals surface area contributed by atoms with Crippen molar-refractivity contribution >= 4 is 32.4 Å². The fourth-order valence-electron chi connectivity index (χ4n) is 4.59. The van der Waals surface area contributed by atoms with E-state index in [4.69, 9.17) is 4.98 Å². The van der Waals surface area contributed by atoms with Gasteiger partial charge in [-0.3, -0.25) is 9.62 Å². The van der Waals surface area contributed by atoms with E-state index in [2.05, 4.69) is 50.3 Å². The fourth-order valence-corrected chi connectivity index (χ4v) is 5.66. The largest absolute Gasteiger partial charge is 0.369 e. The minimum Gasteiger partial charge on any atom is -0.369 e. The molecule has 1 aliphatic rings. The van der Waals surface area contributed by atoms with Crippen LogP contribution in [0.4, 0.5) is 11.4 Å². The third kappa shape index (κ3) is 5.18. The predicted molar refractivity (Wildman–Crippen MR) is 142 cm³/mol. The maximum atomic E-state index is 12.7. The highest BCUT2D eigenvalue weighted by atomic mass is 32.2. The Bertz CT molecular complexity index is 1410. The molecule has 1 aromatic heterocycles. The molecule has 4 aromatic rings. The minimum atomic E-state index is -3.63. The molecule has 8 heteroatoms. The average molecular weight is 490 g/mol. The van der Waals surface area contributed by atoms with Crippen molar-refractivity contribution in [3.8, 4) is 0 Å². The molecule has 7 nitrogen and oxygen atoms in total. The average Bonchev–Trinajstić information content (AvgIpc) is 3.18. The van der Waals surface area contributed by atoms with E-state index in [0.29, 0.717) is 5.69 Å². The van der Waals surface area contributed by atoms with Crippen LogP contribution in [-0.4, -0.2) is 55.6 Å². The number of nitrogens with zero attached hydrogens (tertiary/aromatic N) is 4. The molecule has 0 unspecified atom stereocenters. The third-order valence-corrected chi connectivity index (χ3v) is 8.10. The van der Waals surface area contributed by atoms with E-state index in [1.54, 1.807) is 42.5 Å². The molecule has 1 aliphatic heterocycles. The van der Waals surface area contributed by atoms with E-state index in [1.165, 1.54) is 11.3 Å². The lowest BCUT2D eigenvalue weighted by atomic mass is 10.2. The van der Waals surface area contributed by atoms with Crippen molar-refractivity contribution in [3.63, 3.8) is 0 Å². The molecule has 0 amide bonds. The lowest BCUT2D eigenvalue weighted by Gasteiger charge is -2.36. The van der Waals surface area contributed by atoms with Gasteiger partial charge in [0.25, 0.3) is 10.0 Å². The van der Waals surface area contributed by atoms with Crippen LogP contribution < -0.4 is 9.62 Å². The first-order chi connectivity index (χ1) is 16.9. The second-order valence-electron chi connectivity index (χ2n) is 9.12. The van der Waals surface area contributed by atoms with Crippen molar-refractivity contribution in [2.45, 2.75) is 18.2 Å². The van der Waals surface area contributed by atoms with Gasteiger partial charge in [-0.15, -0.1) is 0 Å². The van der Waals surface area contributed by atoms with Crippen LogP contribution in [0.15, 0.2) is 77.7 Å². The third-order valence-electron chi connectivity index (χ3n) is 6.70. The molecule has 3 aromatic carbocycles. The molecular formula is C27H31N5O2S. The topological polar surface area (TPSA) is 70.5 Å². The van der Waals surface area contributed by atoms with E-state index in [9.17, 15) is 8.42 Å². The number of nitrogens with one attached hydrogen (secondary N) is 1. The Kier molecular flexibility index (Phi) is 6.49. The highest BCUT2D eigenvalue weighted by Gasteiger charge is 2.19. The molecule has 1 N–H and O–H groups in total. The molecule has 0 saturated carbocycles. The van der Waals surface area contributed by atoms with E-state index in [0.717, 1.165) is 56.0 Å². The maximum Gasteiger partial charge on any atom is 0.261 e. The molecule has 35 heavy (non-hydrogen) atoms. The zero-order valence-electron chi connectivity index (χ0n) is 20.2. The second-order valence-corrected chi connectivity index (χ2v) is 10.8. The smallest absolute Gasteiger partial charge is 0.261 e. The molecular weight excluding hydrogens is 458 g/mol. The quantitative estimate of drug-likeness (QED) is 0.424. The molecule has 1 saturated heterocycles. The Morgan fingerprint density at radius 1 is 0.914 bits per heavy atom. The van der Waals surface area contributed by atoms with Gasteiger partial charge in [0, 0.05) is 51.9 Å². The first-order valence-electron chi connectivity index (χ1n) is 12.0. The van der Waals surface area contributed by atoms with Crippen molar-refractivity contribution in [2.75, 3.05) is 42.3 Å². The summed E-state index contributed by atoms with van der Waals surface area (Å²) in [6, 6.07) is 22.7. The lowest BCUT2D eigenvalue weighted by molar-refractivity contribution is 0.259. The highest BCUT2D eigenvalue weighted by molar-refractivity contribution is 7.92. The van der Waals surface area contributed by atoms with Gasteiger partial charge in [0.15, 0.2) is 0 Å². The molecule has 0 spiro atoms. The molecule has 182 valence electrons. The Morgan fingerprint density at radius 2 is 1.63 bits per heavy atom. The summed E-state index contributed by atoms with van der Waals surface area (Å²) in [5.41, 5.74) is 4.88. The summed E-state index contributed by atoms with van der Waals surface area (Å²) in [6.07, 6.45) is 0.848. The van der Waals surface area contributed by atoms with Gasteiger partial charge < -0.3 is 9.47 Å². The first kappa shape index (κ1) is 23.4. The van der Waals surface area contributed by atoms with Crippen LogP contribution in [0.5, 0.6) is 0 Å². The van der Waals surface area contributed by atoms with Gasteiger partial charge in [0.1, 0.15) is 5.82 Å². The van der Waals surface area contributed by atoms with E-state index in [1.807, 2.05) is 13.1 Å². The Labute approximate surface area is 207 Å². The number of rotatable bonds is 7. The summed E-state index contributed by atoms with van der Waals surface area (Å²) in [7, 11) is -1.61. The number of fused-ring (bicyclic) bond motifs is 1. The van der Waals surface area contributed by atoms with E-state index < -0.39 is 10.0 Å². The highest BCUT2D eigenvalue weighted by Crippen LogP contribution is 2.23. The number of anilines is 2. The molecule has 0 atom stereocenters. The number of hydrogen-bond donors (Lipinski definition) is 1. The number of aryl methyl sites for hydroxylation is 2. The van der Waals surface area contributed by atoms with Crippen LogP contribution >= 0.6 is 0 Å². The molecule has 0 radical (unpaired) electrons. The maximum absolute atomic E-state index is 12.7. The Hall–Kier alpha value is -3.36. The second kappa shape index (κ2) is 9.71. The van der Waals surface area contributed by atoms with Gasteiger partial charge in [-0.25, -0.2) is 13.4 Å². The number of benzene rings is 3. The van der Waals surface area contributed by atoms with Crippen LogP contribution in [0, 0.1) is 6.92 Å². The SMILES string of the molecule is Cc1ccc(N2CCN(CCc3nc4cc(NS(=O)(=O)c5ccccc5)ccc4n3C)CC2)cc1. The van der Waals surface area contributed by atoms with Gasteiger partial charge in [0.05, 0.1) is 21.6 Å². The standard InChI is InChI=1S/C27H31N5O2S/c1-21-8-11-23(12-9-21)32-18-16-31(17-19-32)15-14-27-28-25-20-22(10-13-26(25)30(27)2)29-35(33,34)24-6-4-3-5-7-24/h3-13,20,29H,14-19H2,1-2H3.